The summed E-state index contributed by atoms with van der Waals surface area (Å²) in [6, 6.07) is 13.4. The summed E-state index contributed by atoms with van der Waals surface area (Å²) in [5, 5.41) is 5.50. The van der Waals surface area contributed by atoms with E-state index in [0.717, 1.165) is 12.0 Å². The van der Waals surface area contributed by atoms with E-state index >= 15 is 0 Å². The number of carbonyl (C=O) groups is 3. The third-order valence-corrected chi connectivity index (χ3v) is 5.84. The molecule has 35 heavy (non-hydrogen) atoms. The Kier molecular flexibility index (Phi) is 7.85. The topological polar surface area (TPSA) is 87.7 Å². The monoisotopic (exact) mass is 475 g/mol. The number of nitrogens with one attached hydrogen (secondary N) is 2. The summed E-state index contributed by atoms with van der Waals surface area (Å²) in [6.07, 6.45) is 5.82. The zero-order valence-electron chi connectivity index (χ0n) is 20.9. The summed E-state index contributed by atoms with van der Waals surface area (Å²) in [4.78, 5) is 41.0. The van der Waals surface area contributed by atoms with Gasteiger partial charge in [0.15, 0.2) is 0 Å². The molecule has 1 fully saturated rings. The quantitative estimate of drug-likeness (QED) is 0.581. The van der Waals surface area contributed by atoms with Crippen LogP contribution in [0.2, 0.25) is 0 Å². The first-order chi connectivity index (χ1) is 16.5. The maximum absolute atomic E-state index is 13.8. The van der Waals surface area contributed by atoms with Crippen molar-refractivity contribution in [2.24, 2.45) is 5.92 Å². The standard InChI is InChI=1S/C28H33N3O4/c1-7-20-13-9-10-14-21(20)25(26(33)30-22-15-11-8-12-18(22)2)31(23-16-19(23)3)24(32)17-29-27(34)35-28(4,5)6/h1,8-15,19,23,25H,16-17H2,2-6H3,(H,29,34)(H,30,33). The molecule has 3 rings (SSSR count). The lowest BCUT2D eigenvalue weighted by Crippen LogP contribution is -2.48. The van der Waals surface area contributed by atoms with Gasteiger partial charge in [-0.3, -0.25) is 9.59 Å². The highest BCUT2D eigenvalue weighted by molar-refractivity contribution is 5.99. The van der Waals surface area contributed by atoms with Gasteiger partial charge in [0.25, 0.3) is 5.91 Å². The van der Waals surface area contributed by atoms with E-state index in [1.807, 2.05) is 38.1 Å². The van der Waals surface area contributed by atoms with Crippen molar-refractivity contribution >= 4 is 23.6 Å². The summed E-state index contributed by atoms with van der Waals surface area (Å²) in [6.45, 7) is 8.86. The van der Waals surface area contributed by atoms with Gasteiger partial charge in [0.2, 0.25) is 5.91 Å². The van der Waals surface area contributed by atoms with Crippen molar-refractivity contribution in [1.29, 1.82) is 0 Å². The van der Waals surface area contributed by atoms with Crippen LogP contribution in [0.1, 0.15) is 56.8 Å². The van der Waals surface area contributed by atoms with Crippen LogP contribution in [0.25, 0.3) is 0 Å². The van der Waals surface area contributed by atoms with Crippen LogP contribution in [0.5, 0.6) is 0 Å². The molecule has 3 atom stereocenters. The number of amides is 3. The van der Waals surface area contributed by atoms with Crippen LogP contribution in [0.15, 0.2) is 48.5 Å². The van der Waals surface area contributed by atoms with Crippen molar-refractivity contribution < 1.29 is 19.1 Å². The van der Waals surface area contributed by atoms with Crippen molar-refractivity contribution in [3.63, 3.8) is 0 Å². The molecule has 1 aliphatic rings. The number of para-hydroxylation sites is 1. The van der Waals surface area contributed by atoms with Gasteiger partial charge in [-0.1, -0.05) is 49.2 Å². The fourth-order valence-electron chi connectivity index (χ4n) is 3.96. The lowest BCUT2D eigenvalue weighted by molar-refractivity contribution is -0.139. The first kappa shape index (κ1) is 25.8. The van der Waals surface area contributed by atoms with Gasteiger partial charge >= 0.3 is 6.09 Å². The number of alkyl carbamates (subject to hydrolysis) is 1. The average Bonchev–Trinajstić information content (AvgIpc) is 3.51. The predicted octanol–water partition coefficient (Wildman–Crippen LogP) is 4.42. The second kappa shape index (κ2) is 10.6. The van der Waals surface area contributed by atoms with Crippen molar-refractivity contribution in [2.45, 2.75) is 58.7 Å². The normalized spacial score (nSPS) is 17.5. The van der Waals surface area contributed by atoms with Crippen molar-refractivity contribution in [1.82, 2.24) is 10.2 Å². The van der Waals surface area contributed by atoms with Crippen LogP contribution in [0.4, 0.5) is 10.5 Å². The molecule has 2 aromatic carbocycles. The van der Waals surface area contributed by atoms with E-state index in [0.29, 0.717) is 16.8 Å². The molecular formula is C28H33N3O4. The highest BCUT2D eigenvalue weighted by atomic mass is 16.6. The average molecular weight is 476 g/mol. The Morgan fingerprint density at radius 1 is 1.14 bits per heavy atom. The number of carbonyl (C=O) groups excluding carboxylic acids is 3. The smallest absolute Gasteiger partial charge is 0.408 e. The van der Waals surface area contributed by atoms with E-state index in [-0.39, 0.29) is 30.3 Å². The number of rotatable bonds is 7. The van der Waals surface area contributed by atoms with Gasteiger partial charge in [0.05, 0.1) is 0 Å². The van der Waals surface area contributed by atoms with E-state index in [1.165, 1.54) is 0 Å². The molecule has 0 heterocycles. The minimum absolute atomic E-state index is 0.151. The van der Waals surface area contributed by atoms with Crippen LogP contribution in [0, 0.1) is 25.2 Å². The molecule has 0 radical (unpaired) electrons. The van der Waals surface area contributed by atoms with Crippen molar-refractivity contribution in [3.8, 4) is 12.3 Å². The maximum Gasteiger partial charge on any atom is 0.408 e. The number of nitrogens with zero attached hydrogens (tertiary/aromatic N) is 1. The highest BCUT2D eigenvalue weighted by Crippen LogP contribution is 2.41. The molecule has 1 saturated carbocycles. The van der Waals surface area contributed by atoms with Crippen LogP contribution in [0.3, 0.4) is 0 Å². The number of terminal acetylenes is 1. The molecular weight excluding hydrogens is 442 g/mol. The Morgan fingerprint density at radius 2 is 1.77 bits per heavy atom. The molecule has 0 saturated heterocycles. The largest absolute Gasteiger partial charge is 0.444 e. The number of aryl methyl sites for hydroxylation is 1. The molecule has 1 aliphatic carbocycles. The molecule has 0 aromatic heterocycles. The highest BCUT2D eigenvalue weighted by Gasteiger charge is 2.46. The van der Waals surface area contributed by atoms with Gasteiger partial charge in [-0.15, -0.1) is 6.42 Å². The number of hydrogen-bond donors (Lipinski definition) is 2. The Balaban J connectivity index is 1.95. The summed E-state index contributed by atoms with van der Waals surface area (Å²) >= 11 is 0. The van der Waals surface area contributed by atoms with E-state index in [1.54, 1.807) is 49.9 Å². The lowest BCUT2D eigenvalue weighted by Gasteiger charge is -2.33. The molecule has 2 N–H and O–H groups in total. The number of hydrogen-bond acceptors (Lipinski definition) is 4. The van der Waals surface area contributed by atoms with E-state index in [9.17, 15) is 14.4 Å². The summed E-state index contributed by atoms with van der Waals surface area (Å²) in [5.41, 5.74) is 1.95. The zero-order chi connectivity index (χ0) is 25.8. The van der Waals surface area contributed by atoms with Crippen LogP contribution in [-0.4, -0.2) is 41.0 Å². The molecule has 184 valence electrons. The minimum Gasteiger partial charge on any atom is -0.444 e. The number of anilines is 1. The van der Waals surface area contributed by atoms with Gasteiger partial charge < -0.3 is 20.3 Å². The third-order valence-electron chi connectivity index (χ3n) is 5.84. The molecule has 3 unspecified atom stereocenters. The minimum atomic E-state index is -0.968. The van der Waals surface area contributed by atoms with Gasteiger partial charge in [-0.2, -0.15) is 0 Å². The molecule has 7 nitrogen and oxygen atoms in total. The SMILES string of the molecule is C#Cc1ccccc1C(C(=O)Nc1ccccc1C)N(C(=O)CNC(=O)OC(C)(C)C)C1CC1C. The number of ether oxygens (including phenoxy) is 1. The van der Waals surface area contributed by atoms with Crippen LogP contribution in [-0.2, 0) is 14.3 Å². The Labute approximate surface area is 207 Å². The summed E-state index contributed by atoms with van der Waals surface area (Å²) in [7, 11) is 0. The van der Waals surface area contributed by atoms with Crippen LogP contribution < -0.4 is 10.6 Å². The summed E-state index contributed by atoms with van der Waals surface area (Å²) < 4.78 is 5.26. The molecule has 3 amide bonds. The predicted molar refractivity (Wildman–Crippen MR) is 136 cm³/mol. The van der Waals surface area contributed by atoms with Gasteiger partial charge in [-0.05, 0) is 63.3 Å². The van der Waals surface area contributed by atoms with Crippen molar-refractivity contribution in [2.75, 3.05) is 11.9 Å². The lowest BCUT2D eigenvalue weighted by atomic mass is 9.97. The molecule has 2 aromatic rings. The molecule has 7 heteroatoms. The van der Waals surface area contributed by atoms with Gasteiger partial charge in [-0.25, -0.2) is 4.79 Å². The first-order valence-corrected chi connectivity index (χ1v) is 11.7. The van der Waals surface area contributed by atoms with Crippen LogP contribution >= 0.6 is 0 Å². The van der Waals surface area contributed by atoms with Gasteiger partial charge in [0.1, 0.15) is 18.2 Å². The second-order valence-electron chi connectivity index (χ2n) is 9.88. The fraction of sp³-hybridized carbons (Fsp3) is 0.393. The van der Waals surface area contributed by atoms with Gasteiger partial charge in [0, 0.05) is 17.3 Å². The Bertz CT molecular complexity index is 1150. The molecule has 0 bridgehead atoms. The van der Waals surface area contributed by atoms with E-state index < -0.39 is 17.7 Å². The zero-order valence-corrected chi connectivity index (χ0v) is 20.9. The van der Waals surface area contributed by atoms with E-state index in [4.69, 9.17) is 11.2 Å². The number of benzene rings is 2. The molecule has 0 aliphatic heterocycles. The fourth-order valence-corrected chi connectivity index (χ4v) is 3.96. The summed E-state index contributed by atoms with van der Waals surface area (Å²) in [5.74, 6) is 2.10. The second-order valence-corrected chi connectivity index (χ2v) is 9.88. The van der Waals surface area contributed by atoms with Crippen molar-refractivity contribution in [3.05, 3.63) is 65.2 Å². The Morgan fingerprint density at radius 3 is 2.37 bits per heavy atom. The first-order valence-electron chi connectivity index (χ1n) is 11.7. The van der Waals surface area contributed by atoms with E-state index in [2.05, 4.69) is 16.6 Å². The maximum atomic E-state index is 13.8. The Hall–Kier alpha value is -3.79. The third kappa shape index (κ3) is 6.63. The molecule has 0 spiro atoms.